The quantitative estimate of drug-likeness (QED) is 0.832. The summed E-state index contributed by atoms with van der Waals surface area (Å²) in [7, 11) is 1.41. The van der Waals surface area contributed by atoms with Crippen LogP contribution in [-0.2, 0) is 4.79 Å². The van der Waals surface area contributed by atoms with Crippen molar-refractivity contribution in [2.24, 2.45) is 0 Å². The molecule has 0 fully saturated rings. The first-order valence-electron chi connectivity index (χ1n) is 5.46. The van der Waals surface area contributed by atoms with Crippen LogP contribution in [-0.4, -0.2) is 42.0 Å². The van der Waals surface area contributed by atoms with Gasteiger partial charge in [0.05, 0.1) is 12.1 Å². The van der Waals surface area contributed by atoms with Crippen LogP contribution in [0.5, 0.6) is 5.75 Å². The van der Waals surface area contributed by atoms with Crippen LogP contribution in [0.25, 0.3) is 0 Å². The number of hydrogen-bond acceptors (Lipinski definition) is 3. The van der Waals surface area contributed by atoms with Crippen molar-refractivity contribution in [2.45, 2.75) is 6.92 Å². The van der Waals surface area contributed by atoms with E-state index in [-0.39, 0.29) is 23.8 Å². The van der Waals surface area contributed by atoms with Gasteiger partial charge in [-0.2, -0.15) is 0 Å². The lowest BCUT2D eigenvalue weighted by Gasteiger charge is -2.16. The normalized spacial score (nSPS) is 9.94. The first-order valence-corrected chi connectivity index (χ1v) is 5.46. The Kier molecular flexibility index (Phi) is 4.65. The van der Waals surface area contributed by atoms with E-state index in [1.807, 2.05) is 0 Å². The van der Waals surface area contributed by atoms with Crippen molar-refractivity contribution in [3.8, 4) is 5.75 Å². The van der Waals surface area contributed by atoms with E-state index in [0.29, 0.717) is 6.54 Å². The highest BCUT2D eigenvalue weighted by molar-refractivity contribution is 5.96. The largest absolute Gasteiger partial charge is 0.508 e. The lowest BCUT2D eigenvalue weighted by atomic mass is 10.2. The van der Waals surface area contributed by atoms with E-state index in [1.165, 1.54) is 19.2 Å². The molecule has 0 aliphatic rings. The van der Waals surface area contributed by atoms with Gasteiger partial charge in [-0.05, 0) is 19.1 Å². The maximum atomic E-state index is 13.4. The summed E-state index contributed by atoms with van der Waals surface area (Å²) in [6.07, 6.45) is 0. The highest BCUT2D eigenvalue weighted by Gasteiger charge is 2.18. The Balaban J connectivity index is 2.77. The van der Waals surface area contributed by atoms with Gasteiger partial charge in [0.25, 0.3) is 5.91 Å². The van der Waals surface area contributed by atoms with Crippen LogP contribution in [0.2, 0.25) is 0 Å². The number of carbonyl (C=O) groups is 2. The number of nitrogens with one attached hydrogen (secondary N) is 1. The third kappa shape index (κ3) is 3.44. The van der Waals surface area contributed by atoms with Crippen molar-refractivity contribution in [3.63, 3.8) is 0 Å². The molecule has 2 N–H and O–H groups in total. The Morgan fingerprint density at radius 2 is 2.11 bits per heavy atom. The van der Waals surface area contributed by atoms with Crippen LogP contribution >= 0.6 is 0 Å². The molecule has 0 aromatic heterocycles. The van der Waals surface area contributed by atoms with Crippen LogP contribution in [0.3, 0.4) is 0 Å². The van der Waals surface area contributed by atoms with Crippen LogP contribution in [0, 0.1) is 5.82 Å². The Bertz CT molecular complexity index is 463. The molecule has 2 amide bonds. The maximum absolute atomic E-state index is 13.4. The topological polar surface area (TPSA) is 69.6 Å². The molecule has 0 radical (unpaired) electrons. The number of phenols is 1. The van der Waals surface area contributed by atoms with Gasteiger partial charge in [-0.15, -0.1) is 0 Å². The molecule has 5 nitrogen and oxygen atoms in total. The fourth-order valence-electron chi connectivity index (χ4n) is 1.42. The Morgan fingerprint density at radius 1 is 1.44 bits per heavy atom. The minimum atomic E-state index is -0.817. The van der Waals surface area contributed by atoms with Gasteiger partial charge in [0.1, 0.15) is 11.6 Å². The highest BCUT2D eigenvalue weighted by atomic mass is 19.1. The lowest BCUT2D eigenvalue weighted by Crippen LogP contribution is -2.38. The minimum absolute atomic E-state index is 0.146. The Labute approximate surface area is 104 Å². The number of phenolic OH excluding ortho intramolecular Hbond substituents is 1. The molecule has 1 aromatic carbocycles. The van der Waals surface area contributed by atoms with Gasteiger partial charge in [0, 0.05) is 19.7 Å². The number of carbonyl (C=O) groups excluding carboxylic acids is 2. The second-order valence-corrected chi connectivity index (χ2v) is 3.78. The summed E-state index contributed by atoms with van der Waals surface area (Å²) in [5.74, 6) is -2.00. The summed E-state index contributed by atoms with van der Waals surface area (Å²) in [4.78, 5) is 24.2. The van der Waals surface area contributed by atoms with Gasteiger partial charge in [-0.25, -0.2) is 4.39 Å². The Morgan fingerprint density at radius 3 is 2.67 bits per heavy atom. The summed E-state index contributed by atoms with van der Waals surface area (Å²) in [6.45, 7) is 2.08. The first kappa shape index (κ1) is 14.0. The van der Waals surface area contributed by atoms with E-state index >= 15 is 0 Å². The maximum Gasteiger partial charge on any atom is 0.257 e. The molecule has 6 heteroatoms. The zero-order valence-electron chi connectivity index (χ0n) is 10.2. The number of halogens is 1. The van der Waals surface area contributed by atoms with Gasteiger partial charge in [0.2, 0.25) is 5.91 Å². The van der Waals surface area contributed by atoms with Crippen molar-refractivity contribution in [2.75, 3.05) is 20.1 Å². The summed E-state index contributed by atoms with van der Waals surface area (Å²) >= 11 is 0. The van der Waals surface area contributed by atoms with Crippen molar-refractivity contribution in [1.82, 2.24) is 10.2 Å². The van der Waals surface area contributed by atoms with E-state index in [1.54, 1.807) is 6.92 Å². The highest BCUT2D eigenvalue weighted by Crippen LogP contribution is 2.16. The number of aromatic hydroxyl groups is 1. The molecule has 1 aromatic rings. The monoisotopic (exact) mass is 254 g/mol. The fraction of sp³-hybridized carbons (Fsp3) is 0.333. The smallest absolute Gasteiger partial charge is 0.257 e. The van der Waals surface area contributed by atoms with Crippen molar-refractivity contribution in [3.05, 3.63) is 29.6 Å². The van der Waals surface area contributed by atoms with Crippen molar-refractivity contribution >= 4 is 11.8 Å². The van der Waals surface area contributed by atoms with Crippen molar-refractivity contribution < 1.29 is 19.1 Å². The predicted molar refractivity (Wildman–Crippen MR) is 63.7 cm³/mol. The predicted octanol–water partition coefficient (Wildman–Crippen LogP) is 0.739. The molecule has 0 atom stereocenters. The van der Waals surface area contributed by atoms with Crippen LogP contribution < -0.4 is 5.32 Å². The molecule has 1 rings (SSSR count). The van der Waals surface area contributed by atoms with Gasteiger partial charge in [-0.3, -0.25) is 9.59 Å². The van der Waals surface area contributed by atoms with Gasteiger partial charge >= 0.3 is 0 Å². The lowest BCUT2D eigenvalue weighted by molar-refractivity contribution is -0.121. The number of nitrogens with zero attached hydrogens (tertiary/aromatic N) is 1. The van der Waals surface area contributed by atoms with E-state index in [9.17, 15) is 14.0 Å². The summed E-state index contributed by atoms with van der Waals surface area (Å²) in [6, 6.07) is 3.25. The van der Waals surface area contributed by atoms with E-state index in [4.69, 9.17) is 5.11 Å². The molecule has 0 unspecified atom stereocenters. The zero-order valence-corrected chi connectivity index (χ0v) is 10.2. The molecule has 0 spiro atoms. The molecule has 0 aliphatic heterocycles. The molecule has 0 heterocycles. The average molecular weight is 254 g/mol. The van der Waals surface area contributed by atoms with Gasteiger partial charge in [-0.1, -0.05) is 0 Å². The molecule has 0 saturated heterocycles. The standard InChI is InChI=1S/C12H15FN2O3/c1-3-14-11(17)7-15(2)12(18)9-5-4-8(16)6-10(9)13/h4-6,16H,3,7H2,1-2H3,(H,14,17). The molecule has 98 valence electrons. The molecule has 18 heavy (non-hydrogen) atoms. The van der Waals surface area contributed by atoms with Crippen LogP contribution in [0.15, 0.2) is 18.2 Å². The van der Waals surface area contributed by atoms with E-state index in [0.717, 1.165) is 11.0 Å². The Hall–Kier alpha value is -2.11. The zero-order chi connectivity index (χ0) is 13.7. The molecule has 0 saturated carbocycles. The van der Waals surface area contributed by atoms with Gasteiger partial charge < -0.3 is 15.3 Å². The molecule has 0 bridgehead atoms. The number of likely N-dealkylation sites (N-methyl/N-ethyl adjacent to an activating group) is 2. The second kappa shape index (κ2) is 6.00. The van der Waals surface area contributed by atoms with Crippen LogP contribution in [0.1, 0.15) is 17.3 Å². The summed E-state index contributed by atoms with van der Waals surface area (Å²) in [5.41, 5.74) is -0.181. The first-order chi connectivity index (χ1) is 8.45. The third-order valence-corrected chi connectivity index (χ3v) is 2.28. The molecule has 0 aliphatic carbocycles. The minimum Gasteiger partial charge on any atom is -0.508 e. The average Bonchev–Trinajstić information content (AvgIpc) is 2.28. The van der Waals surface area contributed by atoms with Crippen molar-refractivity contribution in [1.29, 1.82) is 0 Å². The number of benzene rings is 1. The second-order valence-electron chi connectivity index (χ2n) is 3.78. The summed E-state index contributed by atoms with van der Waals surface area (Å²) < 4.78 is 13.4. The van der Waals surface area contributed by atoms with E-state index < -0.39 is 11.7 Å². The molecular formula is C12H15FN2O3. The van der Waals surface area contributed by atoms with Crippen LogP contribution in [0.4, 0.5) is 4.39 Å². The number of rotatable bonds is 4. The number of amides is 2. The molecular weight excluding hydrogens is 239 g/mol. The van der Waals surface area contributed by atoms with Gasteiger partial charge in [0.15, 0.2) is 0 Å². The van der Waals surface area contributed by atoms with E-state index in [2.05, 4.69) is 5.32 Å². The third-order valence-electron chi connectivity index (χ3n) is 2.28. The fourth-order valence-corrected chi connectivity index (χ4v) is 1.42. The number of hydrogen-bond donors (Lipinski definition) is 2. The summed E-state index contributed by atoms with van der Waals surface area (Å²) in [5, 5.41) is 11.6. The SMILES string of the molecule is CCNC(=O)CN(C)C(=O)c1ccc(O)cc1F.